The second-order valence-electron chi connectivity index (χ2n) is 6.14. The zero-order valence-electron chi connectivity index (χ0n) is 12.7. The molecule has 1 saturated carbocycles. The third-order valence-electron chi connectivity index (χ3n) is 3.90. The fraction of sp³-hybridized carbons (Fsp3) is 0.714. The number of aryl methyl sites for hydroxylation is 1. The first kappa shape index (κ1) is 15.5. The lowest BCUT2D eigenvalue weighted by Crippen LogP contribution is -2.26. The van der Waals surface area contributed by atoms with Crippen LogP contribution in [0.2, 0.25) is 0 Å². The van der Waals surface area contributed by atoms with Crippen LogP contribution in [0.1, 0.15) is 32.9 Å². The van der Waals surface area contributed by atoms with Crippen molar-refractivity contribution in [3.05, 3.63) is 18.0 Å². The van der Waals surface area contributed by atoms with Gasteiger partial charge in [0, 0.05) is 38.1 Å². The molecule has 0 bridgehead atoms. The molecule has 1 aromatic heterocycles. The van der Waals surface area contributed by atoms with E-state index in [4.69, 9.17) is 0 Å². The van der Waals surface area contributed by atoms with E-state index in [0.717, 1.165) is 12.1 Å². The molecule has 20 heavy (non-hydrogen) atoms. The van der Waals surface area contributed by atoms with E-state index < -0.39 is 10.0 Å². The smallest absolute Gasteiger partial charge is 0.242 e. The van der Waals surface area contributed by atoms with Crippen molar-refractivity contribution < 1.29 is 8.42 Å². The number of hydrogen-bond acceptors (Lipinski definition) is 3. The van der Waals surface area contributed by atoms with Crippen LogP contribution in [-0.4, -0.2) is 25.6 Å². The quantitative estimate of drug-likeness (QED) is 0.801. The van der Waals surface area contributed by atoms with Crippen LogP contribution in [0.25, 0.3) is 0 Å². The van der Waals surface area contributed by atoms with Gasteiger partial charge in [0.05, 0.1) is 4.90 Å². The molecular formula is C14H25N3O2S. The molecule has 0 amide bonds. The molecule has 0 aromatic carbocycles. The predicted octanol–water partition coefficient (Wildman–Crippen LogP) is 1.46. The van der Waals surface area contributed by atoms with Crippen molar-refractivity contribution in [2.24, 2.45) is 18.9 Å². The van der Waals surface area contributed by atoms with Crippen molar-refractivity contribution in [3.63, 3.8) is 0 Å². The minimum atomic E-state index is -3.38. The van der Waals surface area contributed by atoms with Gasteiger partial charge >= 0.3 is 0 Å². The van der Waals surface area contributed by atoms with Crippen LogP contribution in [0.15, 0.2) is 17.2 Å². The summed E-state index contributed by atoms with van der Waals surface area (Å²) in [5.74, 6) is 1.16. The summed E-state index contributed by atoms with van der Waals surface area (Å²) in [6.07, 6.45) is 2.80. The zero-order chi connectivity index (χ0) is 14.9. The van der Waals surface area contributed by atoms with Gasteiger partial charge in [-0.25, -0.2) is 13.1 Å². The summed E-state index contributed by atoms with van der Waals surface area (Å²) in [5, 5.41) is 3.30. The normalized spacial score (nSPS) is 22.4. The maximum atomic E-state index is 12.2. The number of nitrogens with zero attached hydrogens (tertiary/aromatic N) is 1. The molecule has 5 nitrogen and oxygen atoms in total. The van der Waals surface area contributed by atoms with Crippen LogP contribution < -0.4 is 10.0 Å². The first-order chi connectivity index (χ1) is 9.29. The molecule has 2 rings (SSSR count). The molecule has 0 aliphatic heterocycles. The lowest BCUT2D eigenvalue weighted by Gasteiger charge is -2.08. The van der Waals surface area contributed by atoms with E-state index in [9.17, 15) is 8.42 Å². The Bertz CT molecular complexity index is 563. The van der Waals surface area contributed by atoms with Gasteiger partial charge in [-0.3, -0.25) is 0 Å². The molecular weight excluding hydrogens is 274 g/mol. The summed E-state index contributed by atoms with van der Waals surface area (Å²) >= 11 is 0. The molecule has 6 heteroatoms. The minimum absolute atomic E-state index is 0.355. The number of sulfonamides is 1. The first-order valence-corrected chi connectivity index (χ1v) is 8.66. The molecule has 114 valence electrons. The molecule has 0 radical (unpaired) electrons. The Kier molecular flexibility index (Phi) is 4.56. The molecule has 1 aliphatic carbocycles. The number of rotatable bonds is 7. The largest absolute Gasteiger partial charge is 0.352 e. The molecule has 2 unspecified atom stereocenters. The van der Waals surface area contributed by atoms with Crippen LogP contribution in [-0.2, 0) is 23.6 Å². The topological polar surface area (TPSA) is 63.1 Å². The molecule has 2 N–H and O–H groups in total. The van der Waals surface area contributed by atoms with Crippen molar-refractivity contribution >= 4 is 10.0 Å². The van der Waals surface area contributed by atoms with E-state index in [1.54, 1.807) is 12.3 Å². The van der Waals surface area contributed by atoms with Gasteiger partial charge in [-0.15, -0.1) is 0 Å². The third-order valence-corrected chi connectivity index (χ3v) is 5.29. The van der Waals surface area contributed by atoms with Crippen LogP contribution in [0.5, 0.6) is 0 Å². The maximum Gasteiger partial charge on any atom is 0.242 e. The van der Waals surface area contributed by atoms with Gasteiger partial charge in [0.25, 0.3) is 0 Å². The fourth-order valence-corrected chi connectivity index (χ4v) is 3.38. The third kappa shape index (κ3) is 3.84. The van der Waals surface area contributed by atoms with Gasteiger partial charge in [-0.2, -0.15) is 0 Å². The Morgan fingerprint density at radius 3 is 2.65 bits per heavy atom. The molecule has 0 spiro atoms. The Morgan fingerprint density at radius 1 is 1.45 bits per heavy atom. The summed E-state index contributed by atoms with van der Waals surface area (Å²) in [6.45, 7) is 7.51. The van der Waals surface area contributed by atoms with E-state index in [1.165, 1.54) is 0 Å². The van der Waals surface area contributed by atoms with E-state index >= 15 is 0 Å². The molecule has 2 atom stereocenters. The molecule has 1 heterocycles. The molecule has 0 saturated heterocycles. The second kappa shape index (κ2) is 5.87. The van der Waals surface area contributed by atoms with Crippen molar-refractivity contribution in [1.82, 2.24) is 14.6 Å². The number of hydrogen-bond donors (Lipinski definition) is 2. The fourth-order valence-electron chi connectivity index (χ4n) is 2.19. The maximum absolute atomic E-state index is 12.2. The summed E-state index contributed by atoms with van der Waals surface area (Å²) < 4.78 is 29.0. The van der Waals surface area contributed by atoms with Crippen molar-refractivity contribution in [1.29, 1.82) is 0 Å². The van der Waals surface area contributed by atoms with Crippen molar-refractivity contribution in [2.75, 3.05) is 6.54 Å². The highest BCUT2D eigenvalue weighted by Gasteiger charge is 2.33. The van der Waals surface area contributed by atoms with Crippen LogP contribution in [0.3, 0.4) is 0 Å². The second-order valence-corrected chi connectivity index (χ2v) is 7.91. The summed E-state index contributed by atoms with van der Waals surface area (Å²) in [4.78, 5) is 0.355. The molecule has 1 aliphatic rings. The standard InChI is InChI=1S/C14H25N3O2S/c1-10(2)15-8-13-6-14(9-17(13)4)20(18,19)16-7-12-5-11(12)3/h6,9-12,15-16H,5,7-8H2,1-4H3. The Labute approximate surface area is 121 Å². The Hall–Kier alpha value is -0.850. The molecule has 1 fully saturated rings. The monoisotopic (exact) mass is 299 g/mol. The summed E-state index contributed by atoms with van der Waals surface area (Å²) in [5.41, 5.74) is 0.971. The van der Waals surface area contributed by atoms with Gasteiger partial charge in [0.2, 0.25) is 10.0 Å². The SMILES string of the molecule is CC(C)NCc1cc(S(=O)(=O)NCC2CC2C)cn1C. The first-order valence-electron chi connectivity index (χ1n) is 7.18. The lowest BCUT2D eigenvalue weighted by molar-refractivity contribution is 0.571. The van der Waals surface area contributed by atoms with E-state index in [1.807, 2.05) is 11.6 Å². The van der Waals surface area contributed by atoms with E-state index in [0.29, 0.717) is 35.9 Å². The molecule has 1 aromatic rings. The van der Waals surface area contributed by atoms with Gasteiger partial charge in [0.1, 0.15) is 0 Å². The van der Waals surface area contributed by atoms with Crippen molar-refractivity contribution in [2.45, 2.75) is 44.7 Å². The van der Waals surface area contributed by atoms with E-state index in [2.05, 4.69) is 30.8 Å². The highest BCUT2D eigenvalue weighted by molar-refractivity contribution is 7.89. The number of nitrogens with one attached hydrogen (secondary N) is 2. The highest BCUT2D eigenvalue weighted by Crippen LogP contribution is 2.37. The number of aromatic nitrogens is 1. The average molecular weight is 299 g/mol. The highest BCUT2D eigenvalue weighted by atomic mass is 32.2. The van der Waals surface area contributed by atoms with Crippen molar-refractivity contribution in [3.8, 4) is 0 Å². The van der Waals surface area contributed by atoms with E-state index in [-0.39, 0.29) is 0 Å². The average Bonchev–Trinajstić information content (AvgIpc) is 2.92. The van der Waals surface area contributed by atoms with Gasteiger partial charge in [0.15, 0.2) is 0 Å². The predicted molar refractivity (Wildman–Crippen MR) is 79.8 cm³/mol. The Morgan fingerprint density at radius 2 is 2.10 bits per heavy atom. The van der Waals surface area contributed by atoms with Crippen LogP contribution in [0, 0.1) is 11.8 Å². The summed E-state index contributed by atoms with van der Waals surface area (Å²) in [7, 11) is -1.50. The summed E-state index contributed by atoms with van der Waals surface area (Å²) in [6, 6.07) is 2.12. The van der Waals surface area contributed by atoms with Gasteiger partial charge < -0.3 is 9.88 Å². The lowest BCUT2D eigenvalue weighted by atomic mass is 10.3. The van der Waals surface area contributed by atoms with Crippen LogP contribution in [0.4, 0.5) is 0 Å². The zero-order valence-corrected chi connectivity index (χ0v) is 13.5. The minimum Gasteiger partial charge on any atom is -0.352 e. The Balaban J connectivity index is 2.01. The van der Waals surface area contributed by atoms with Gasteiger partial charge in [-0.1, -0.05) is 20.8 Å². The van der Waals surface area contributed by atoms with Gasteiger partial charge in [-0.05, 0) is 24.3 Å². The van der Waals surface area contributed by atoms with Crippen LogP contribution >= 0.6 is 0 Å².